The van der Waals surface area contributed by atoms with Gasteiger partial charge in [0.25, 0.3) is 0 Å². The standard InChI is InChI=1S/C18H20F3NO7S2/c1-6-27-16(24)14(28-17(3,4)5)12-9(2)7-10-15(30-11(8-23)22-10)13(12)29-31(25,26)18(19,20)21/h7-8,14H,6H2,1-5H3/t14-/m0/s1. The number of rotatable bonds is 7. The molecular weight excluding hydrogens is 463 g/mol. The van der Waals surface area contributed by atoms with E-state index < -0.39 is 39.1 Å². The van der Waals surface area contributed by atoms with Gasteiger partial charge in [0.15, 0.2) is 23.1 Å². The Morgan fingerprint density at radius 2 is 1.90 bits per heavy atom. The number of hydrogen-bond acceptors (Lipinski definition) is 9. The maximum Gasteiger partial charge on any atom is 0.534 e. The summed E-state index contributed by atoms with van der Waals surface area (Å²) in [6, 6.07) is 1.39. The minimum atomic E-state index is -6.11. The highest BCUT2D eigenvalue weighted by atomic mass is 32.2. The predicted octanol–water partition coefficient (Wildman–Crippen LogP) is 4.06. The Morgan fingerprint density at radius 3 is 2.39 bits per heavy atom. The monoisotopic (exact) mass is 483 g/mol. The number of halogens is 3. The van der Waals surface area contributed by atoms with Gasteiger partial charge in [-0.1, -0.05) is 0 Å². The number of aromatic nitrogens is 1. The number of benzene rings is 1. The Morgan fingerprint density at radius 1 is 1.29 bits per heavy atom. The number of nitrogens with zero attached hydrogens (tertiary/aromatic N) is 1. The summed E-state index contributed by atoms with van der Waals surface area (Å²) in [5.74, 6) is -1.74. The number of aryl methyl sites for hydroxylation is 1. The fraction of sp³-hybridized carbons (Fsp3) is 0.500. The fourth-order valence-electron chi connectivity index (χ4n) is 2.61. The van der Waals surface area contributed by atoms with Crippen molar-refractivity contribution in [3.63, 3.8) is 0 Å². The smallest absolute Gasteiger partial charge is 0.464 e. The van der Waals surface area contributed by atoms with Gasteiger partial charge >= 0.3 is 21.6 Å². The van der Waals surface area contributed by atoms with E-state index in [-0.39, 0.29) is 33.0 Å². The SMILES string of the molecule is CCOC(=O)[C@@H](OC(C)(C)C)c1c(C)cc2nc(C=O)sc2c1OS(=O)(=O)C(F)(F)F. The quantitative estimate of drug-likeness (QED) is 0.251. The number of thiazole rings is 1. The van der Waals surface area contributed by atoms with Crippen LogP contribution in [0.4, 0.5) is 13.2 Å². The molecule has 8 nitrogen and oxygen atoms in total. The summed E-state index contributed by atoms with van der Waals surface area (Å²) in [5, 5.41) is -0.120. The Labute approximate surface area is 180 Å². The van der Waals surface area contributed by atoms with E-state index in [1.165, 1.54) is 19.9 Å². The third-order valence-corrected chi connectivity index (χ3v) is 5.66. The van der Waals surface area contributed by atoms with Crippen LogP contribution < -0.4 is 4.18 Å². The van der Waals surface area contributed by atoms with Crippen molar-refractivity contribution in [3.05, 3.63) is 22.2 Å². The van der Waals surface area contributed by atoms with Gasteiger partial charge in [0.05, 0.1) is 22.4 Å². The molecule has 0 fully saturated rings. The number of aldehydes is 1. The summed E-state index contributed by atoms with van der Waals surface area (Å²) in [7, 11) is -6.11. The molecule has 0 saturated carbocycles. The maximum absolute atomic E-state index is 13.1. The van der Waals surface area contributed by atoms with E-state index >= 15 is 0 Å². The Balaban J connectivity index is 2.88. The Kier molecular flexibility index (Phi) is 7.03. The Bertz CT molecular complexity index is 1100. The second kappa shape index (κ2) is 8.71. The van der Waals surface area contributed by atoms with Crippen molar-refractivity contribution in [1.82, 2.24) is 4.98 Å². The lowest BCUT2D eigenvalue weighted by Crippen LogP contribution is -2.31. The molecule has 2 rings (SSSR count). The molecule has 13 heteroatoms. The van der Waals surface area contributed by atoms with Crippen molar-refractivity contribution in [2.75, 3.05) is 6.61 Å². The van der Waals surface area contributed by atoms with Crippen molar-refractivity contribution in [1.29, 1.82) is 0 Å². The summed E-state index contributed by atoms with van der Waals surface area (Å²) in [6.07, 6.45) is -1.25. The zero-order chi connectivity index (χ0) is 23.8. The van der Waals surface area contributed by atoms with Crippen LogP contribution >= 0.6 is 11.3 Å². The van der Waals surface area contributed by atoms with Crippen molar-refractivity contribution >= 4 is 43.9 Å². The molecule has 0 spiro atoms. The second-order valence-electron chi connectivity index (χ2n) is 7.30. The van der Waals surface area contributed by atoms with E-state index in [2.05, 4.69) is 9.17 Å². The van der Waals surface area contributed by atoms with Gasteiger partial charge in [-0.05, 0) is 46.2 Å². The molecule has 0 aliphatic rings. The molecule has 0 saturated heterocycles. The van der Waals surface area contributed by atoms with Gasteiger partial charge in [0.1, 0.15) is 0 Å². The molecule has 0 bridgehead atoms. The first-order chi connectivity index (χ1) is 14.1. The normalized spacial score (nSPS) is 13.8. The molecule has 0 aliphatic heterocycles. The molecule has 0 radical (unpaired) electrons. The topological polar surface area (TPSA) is 109 Å². The summed E-state index contributed by atoms with van der Waals surface area (Å²) < 4.78 is 77.9. The minimum Gasteiger partial charge on any atom is -0.464 e. The maximum atomic E-state index is 13.1. The number of carbonyl (C=O) groups excluding carboxylic acids is 2. The first-order valence-electron chi connectivity index (χ1n) is 8.85. The molecule has 31 heavy (non-hydrogen) atoms. The van der Waals surface area contributed by atoms with E-state index in [4.69, 9.17) is 9.47 Å². The lowest BCUT2D eigenvalue weighted by atomic mass is 10.0. The van der Waals surface area contributed by atoms with Crippen LogP contribution in [0.15, 0.2) is 6.07 Å². The molecule has 0 unspecified atom stereocenters. The van der Waals surface area contributed by atoms with Crippen LogP contribution in [0.2, 0.25) is 0 Å². The largest absolute Gasteiger partial charge is 0.534 e. The number of fused-ring (bicyclic) bond motifs is 1. The van der Waals surface area contributed by atoms with Crippen LogP contribution in [-0.2, 0) is 24.4 Å². The van der Waals surface area contributed by atoms with Gasteiger partial charge in [-0.25, -0.2) is 9.78 Å². The third kappa shape index (κ3) is 5.52. The Hall–Kier alpha value is -2.25. The molecule has 172 valence electrons. The molecule has 2 aromatic rings. The molecule has 1 aromatic carbocycles. The average Bonchev–Trinajstić information content (AvgIpc) is 3.01. The first-order valence-corrected chi connectivity index (χ1v) is 11.1. The molecule has 1 atom stereocenters. The van der Waals surface area contributed by atoms with Gasteiger partial charge < -0.3 is 13.7 Å². The van der Waals surface area contributed by atoms with Gasteiger partial charge in [-0.3, -0.25) is 4.79 Å². The zero-order valence-corrected chi connectivity index (χ0v) is 18.8. The van der Waals surface area contributed by atoms with Crippen LogP contribution in [0.3, 0.4) is 0 Å². The minimum absolute atomic E-state index is 0.0269. The zero-order valence-electron chi connectivity index (χ0n) is 17.2. The molecule has 1 heterocycles. The molecular formula is C18H20F3NO7S2. The van der Waals surface area contributed by atoms with Crippen molar-refractivity contribution in [2.24, 2.45) is 0 Å². The van der Waals surface area contributed by atoms with Crippen molar-refractivity contribution in [3.8, 4) is 5.75 Å². The van der Waals surface area contributed by atoms with Crippen molar-refractivity contribution < 1.29 is 44.8 Å². The predicted molar refractivity (Wildman–Crippen MR) is 106 cm³/mol. The highest BCUT2D eigenvalue weighted by Gasteiger charge is 2.49. The molecule has 1 aromatic heterocycles. The molecule has 0 aliphatic carbocycles. The van der Waals surface area contributed by atoms with Crippen LogP contribution in [0.5, 0.6) is 5.75 Å². The van der Waals surface area contributed by atoms with Crippen molar-refractivity contribution in [2.45, 2.75) is 51.8 Å². The summed E-state index contributed by atoms with van der Waals surface area (Å²) >= 11 is 0.615. The summed E-state index contributed by atoms with van der Waals surface area (Å²) in [5.41, 5.74) is -6.79. The van der Waals surface area contributed by atoms with Gasteiger partial charge in [-0.15, -0.1) is 11.3 Å². The average molecular weight is 483 g/mol. The number of esters is 1. The van der Waals surface area contributed by atoms with Crippen LogP contribution in [0, 0.1) is 6.92 Å². The van der Waals surface area contributed by atoms with E-state index in [9.17, 15) is 31.2 Å². The van der Waals surface area contributed by atoms with E-state index in [0.29, 0.717) is 17.6 Å². The second-order valence-corrected chi connectivity index (χ2v) is 9.87. The summed E-state index contributed by atoms with van der Waals surface area (Å²) in [4.78, 5) is 27.7. The lowest BCUT2D eigenvalue weighted by molar-refractivity contribution is -0.167. The van der Waals surface area contributed by atoms with E-state index in [1.807, 2.05) is 0 Å². The van der Waals surface area contributed by atoms with Crippen LogP contribution in [0.1, 0.15) is 54.7 Å². The number of hydrogen-bond donors (Lipinski definition) is 0. The highest BCUT2D eigenvalue weighted by Crippen LogP contribution is 2.44. The number of ether oxygens (including phenoxy) is 2. The van der Waals surface area contributed by atoms with E-state index in [1.54, 1.807) is 20.8 Å². The van der Waals surface area contributed by atoms with Gasteiger partial charge in [0.2, 0.25) is 0 Å². The highest BCUT2D eigenvalue weighted by molar-refractivity contribution is 7.88. The van der Waals surface area contributed by atoms with Gasteiger partial charge in [0, 0.05) is 5.56 Å². The fourth-order valence-corrected chi connectivity index (χ4v) is 4.00. The number of alkyl halides is 3. The first kappa shape index (κ1) is 25.0. The van der Waals surface area contributed by atoms with Gasteiger partial charge in [-0.2, -0.15) is 21.6 Å². The third-order valence-electron chi connectivity index (χ3n) is 3.71. The number of carbonyl (C=O) groups is 2. The summed E-state index contributed by atoms with van der Waals surface area (Å²) in [6.45, 7) is 7.66. The van der Waals surface area contributed by atoms with Crippen LogP contribution in [-0.4, -0.2) is 43.4 Å². The molecule has 0 N–H and O–H groups in total. The van der Waals surface area contributed by atoms with E-state index in [0.717, 1.165) is 0 Å². The lowest BCUT2D eigenvalue weighted by Gasteiger charge is -2.28. The van der Waals surface area contributed by atoms with Crippen LogP contribution in [0.25, 0.3) is 10.2 Å². The molecule has 0 amide bonds.